The van der Waals surface area contributed by atoms with Gasteiger partial charge in [0.25, 0.3) is 10.0 Å². The Kier molecular flexibility index (Phi) is 5.90. The molecule has 1 spiro atoms. The van der Waals surface area contributed by atoms with Crippen LogP contribution in [0.1, 0.15) is 37.7 Å². The second kappa shape index (κ2) is 8.62. The maximum absolute atomic E-state index is 13.3. The van der Waals surface area contributed by atoms with Crippen LogP contribution in [0.5, 0.6) is 11.5 Å². The first-order valence-corrected chi connectivity index (χ1v) is 13.3. The third-order valence-corrected chi connectivity index (χ3v) is 8.78. The number of sulfonamides is 1. The molecule has 1 saturated heterocycles. The Labute approximate surface area is 204 Å². The van der Waals surface area contributed by atoms with Crippen LogP contribution in [0.4, 0.5) is 11.4 Å². The van der Waals surface area contributed by atoms with Crippen molar-refractivity contribution in [3.05, 3.63) is 40.9 Å². The molecular weight excluding hydrogens is 478 g/mol. The van der Waals surface area contributed by atoms with Crippen molar-refractivity contribution in [2.45, 2.75) is 48.5 Å². The summed E-state index contributed by atoms with van der Waals surface area (Å²) in [5.74, 6) is 0.613. The van der Waals surface area contributed by atoms with Gasteiger partial charge in [0.1, 0.15) is 22.5 Å². The van der Waals surface area contributed by atoms with E-state index < -0.39 is 15.4 Å². The number of anilines is 2. The number of nitrogens with zero attached hydrogens (tertiary/aromatic N) is 1. The fourth-order valence-electron chi connectivity index (χ4n) is 5.01. The van der Waals surface area contributed by atoms with Crippen LogP contribution in [0, 0.1) is 0 Å². The minimum absolute atomic E-state index is 0.00152. The molecule has 3 aliphatic rings. The highest BCUT2D eigenvalue weighted by atomic mass is 35.5. The Hall–Kier alpha value is -2.49. The molecule has 2 N–H and O–H groups in total. The number of ether oxygens (including phenoxy) is 2. The molecule has 0 radical (unpaired) electrons. The summed E-state index contributed by atoms with van der Waals surface area (Å²) in [5.41, 5.74) is 1.20. The van der Waals surface area contributed by atoms with Gasteiger partial charge >= 0.3 is 0 Å². The summed E-state index contributed by atoms with van der Waals surface area (Å²) in [6.07, 6.45) is 4.15. The van der Waals surface area contributed by atoms with Crippen molar-refractivity contribution >= 4 is 38.9 Å². The predicted molar refractivity (Wildman–Crippen MR) is 131 cm³/mol. The molecule has 182 valence electrons. The molecular formula is C24H28ClN3O5S. The van der Waals surface area contributed by atoms with Crippen molar-refractivity contribution in [2.75, 3.05) is 37.3 Å². The van der Waals surface area contributed by atoms with E-state index in [1.165, 1.54) is 25.3 Å². The van der Waals surface area contributed by atoms with Gasteiger partial charge in [-0.05, 0) is 56.5 Å². The van der Waals surface area contributed by atoms with Gasteiger partial charge in [-0.2, -0.15) is 0 Å². The smallest absolute Gasteiger partial charge is 0.265 e. The lowest BCUT2D eigenvalue weighted by Gasteiger charge is -2.36. The van der Waals surface area contributed by atoms with E-state index >= 15 is 0 Å². The number of fused-ring (bicyclic) bond motifs is 2. The third-order valence-electron chi connectivity index (χ3n) is 7.12. The number of piperidine rings is 1. The van der Waals surface area contributed by atoms with E-state index in [0.717, 1.165) is 50.8 Å². The van der Waals surface area contributed by atoms with Crippen LogP contribution in [0.2, 0.25) is 5.02 Å². The first-order valence-electron chi connectivity index (χ1n) is 11.4. The van der Waals surface area contributed by atoms with Crippen LogP contribution < -0.4 is 19.5 Å². The number of rotatable bonds is 6. The van der Waals surface area contributed by atoms with Crippen LogP contribution in [-0.2, 0) is 20.2 Å². The molecule has 2 fully saturated rings. The lowest BCUT2D eigenvalue weighted by atomic mass is 9.65. The topological polar surface area (TPSA) is 97.0 Å². The van der Waals surface area contributed by atoms with Gasteiger partial charge in [-0.15, -0.1) is 0 Å². The summed E-state index contributed by atoms with van der Waals surface area (Å²) >= 11 is 6.01. The summed E-state index contributed by atoms with van der Waals surface area (Å²) in [6.45, 7) is 1.84. The number of benzene rings is 2. The van der Waals surface area contributed by atoms with Gasteiger partial charge < -0.3 is 19.7 Å². The highest BCUT2D eigenvalue weighted by molar-refractivity contribution is 7.92. The molecule has 10 heteroatoms. The van der Waals surface area contributed by atoms with Gasteiger partial charge in [0, 0.05) is 30.2 Å². The molecule has 0 unspecified atom stereocenters. The van der Waals surface area contributed by atoms with E-state index in [0.29, 0.717) is 22.1 Å². The van der Waals surface area contributed by atoms with Gasteiger partial charge in [0.05, 0.1) is 23.9 Å². The van der Waals surface area contributed by atoms with Crippen LogP contribution in [0.3, 0.4) is 0 Å². The number of methoxy groups -OCH3 is 1. The number of carbonyl (C=O) groups excluding carboxylic acids is 1. The lowest BCUT2D eigenvalue weighted by molar-refractivity contribution is -0.123. The van der Waals surface area contributed by atoms with E-state index in [9.17, 15) is 13.2 Å². The number of hydrogen-bond acceptors (Lipinski definition) is 6. The zero-order valence-electron chi connectivity index (χ0n) is 19.2. The van der Waals surface area contributed by atoms with Crippen molar-refractivity contribution < 1.29 is 22.7 Å². The van der Waals surface area contributed by atoms with E-state index in [-0.39, 0.29) is 22.7 Å². The molecule has 1 aliphatic carbocycles. The van der Waals surface area contributed by atoms with Gasteiger partial charge in [-0.3, -0.25) is 9.52 Å². The first kappa shape index (κ1) is 23.3. The Balaban J connectivity index is 1.52. The lowest BCUT2D eigenvalue weighted by Crippen LogP contribution is -2.40. The highest BCUT2D eigenvalue weighted by Crippen LogP contribution is 2.54. The van der Waals surface area contributed by atoms with Crippen molar-refractivity contribution in [3.63, 3.8) is 0 Å². The van der Waals surface area contributed by atoms with Crippen LogP contribution in [-0.4, -0.2) is 52.6 Å². The van der Waals surface area contributed by atoms with E-state index in [1.807, 2.05) is 0 Å². The van der Waals surface area contributed by atoms with Crippen LogP contribution in [0.25, 0.3) is 0 Å². The van der Waals surface area contributed by atoms with Crippen molar-refractivity contribution in [1.82, 2.24) is 4.90 Å². The Bertz CT molecular complexity index is 1240. The maximum Gasteiger partial charge on any atom is 0.265 e. The molecule has 0 atom stereocenters. The average Bonchev–Trinajstić information content (AvgIpc) is 3.07. The van der Waals surface area contributed by atoms with Gasteiger partial charge in [-0.1, -0.05) is 18.0 Å². The standard InChI is InChI=1S/C24H28ClN3O5S/c1-28-10-6-17(7-11-28)33-20-14-16(13-18-22(20)26-23(29)24(18)8-3-9-24)27-34(30,31)21-5-4-15(25)12-19(21)32-2/h4-5,12-14,17,27H,3,6-11H2,1-2H3,(H,26,29). The molecule has 1 amide bonds. The SMILES string of the molecule is COc1cc(Cl)ccc1S(=O)(=O)Nc1cc(OC2CCN(C)CC2)c2c(c1)C1(CCC1)C(=O)N2. The Morgan fingerprint density at radius 3 is 2.53 bits per heavy atom. The van der Waals surface area contributed by atoms with Crippen LogP contribution >= 0.6 is 11.6 Å². The summed E-state index contributed by atoms with van der Waals surface area (Å²) in [6, 6.07) is 7.79. The maximum atomic E-state index is 13.3. The van der Waals surface area contributed by atoms with Gasteiger partial charge in [0.15, 0.2) is 0 Å². The molecule has 0 aromatic heterocycles. The van der Waals surface area contributed by atoms with Crippen LogP contribution in [0.15, 0.2) is 35.2 Å². The summed E-state index contributed by atoms with van der Waals surface area (Å²) < 4.78 is 40.8. The number of carbonyl (C=O) groups is 1. The normalized spacial score (nSPS) is 19.9. The summed E-state index contributed by atoms with van der Waals surface area (Å²) in [7, 11) is -0.516. The van der Waals surface area contributed by atoms with Gasteiger partial charge in [0.2, 0.25) is 5.91 Å². The molecule has 5 rings (SSSR count). The number of halogens is 1. The largest absolute Gasteiger partial charge is 0.495 e. The molecule has 2 aromatic rings. The number of nitrogens with one attached hydrogen (secondary N) is 2. The zero-order valence-corrected chi connectivity index (χ0v) is 20.8. The van der Waals surface area contributed by atoms with Crippen molar-refractivity contribution in [1.29, 1.82) is 0 Å². The van der Waals surface area contributed by atoms with E-state index in [4.69, 9.17) is 21.1 Å². The number of likely N-dealkylation sites (tertiary alicyclic amines) is 1. The molecule has 0 bridgehead atoms. The average molecular weight is 506 g/mol. The number of amides is 1. The van der Waals surface area contributed by atoms with Gasteiger partial charge in [-0.25, -0.2) is 8.42 Å². The number of hydrogen-bond donors (Lipinski definition) is 2. The molecule has 8 nitrogen and oxygen atoms in total. The minimum atomic E-state index is -3.99. The monoisotopic (exact) mass is 505 g/mol. The van der Waals surface area contributed by atoms with Crippen molar-refractivity contribution in [3.8, 4) is 11.5 Å². The van der Waals surface area contributed by atoms with Crippen molar-refractivity contribution in [2.24, 2.45) is 0 Å². The molecule has 2 aliphatic heterocycles. The molecule has 1 saturated carbocycles. The zero-order chi connectivity index (χ0) is 24.1. The summed E-state index contributed by atoms with van der Waals surface area (Å²) in [5, 5.41) is 3.39. The summed E-state index contributed by atoms with van der Waals surface area (Å²) in [4.78, 5) is 15.1. The fraction of sp³-hybridized carbons (Fsp3) is 0.458. The predicted octanol–water partition coefficient (Wildman–Crippen LogP) is 4.00. The third kappa shape index (κ3) is 3.99. The van der Waals surface area contributed by atoms with E-state index in [1.54, 1.807) is 12.1 Å². The molecule has 2 heterocycles. The Morgan fingerprint density at radius 2 is 1.88 bits per heavy atom. The molecule has 34 heavy (non-hydrogen) atoms. The highest BCUT2D eigenvalue weighted by Gasteiger charge is 2.52. The van der Waals surface area contributed by atoms with E-state index in [2.05, 4.69) is 22.0 Å². The second-order valence-corrected chi connectivity index (χ2v) is 11.4. The fourth-order valence-corrected chi connectivity index (χ4v) is 6.37. The first-order chi connectivity index (χ1) is 16.2. The molecule has 2 aromatic carbocycles. The minimum Gasteiger partial charge on any atom is -0.495 e. The quantitative estimate of drug-likeness (QED) is 0.616. The Morgan fingerprint density at radius 1 is 1.15 bits per heavy atom. The second-order valence-electron chi connectivity index (χ2n) is 9.31.